The van der Waals surface area contributed by atoms with Gasteiger partial charge in [0.25, 0.3) is 0 Å². The predicted molar refractivity (Wildman–Crippen MR) is 95.6 cm³/mol. The normalized spacial score (nSPS) is 14.6. The Labute approximate surface area is 142 Å². The first kappa shape index (κ1) is 16.2. The van der Waals surface area contributed by atoms with Crippen molar-refractivity contribution in [2.24, 2.45) is 0 Å². The topological polar surface area (TPSA) is 42.1 Å². The van der Waals surface area contributed by atoms with Gasteiger partial charge in [0.05, 0.1) is 0 Å². The second kappa shape index (κ2) is 7.76. The summed E-state index contributed by atoms with van der Waals surface area (Å²) in [5, 5.41) is 0. The van der Waals surface area contributed by atoms with Crippen LogP contribution in [0.3, 0.4) is 0 Å². The highest BCUT2D eigenvalue weighted by Crippen LogP contribution is 2.22. The van der Waals surface area contributed by atoms with Gasteiger partial charge in [-0.25, -0.2) is 9.37 Å². The maximum Gasteiger partial charge on any atom is 0.123 e. The molecule has 0 atom stereocenters. The molecule has 0 spiro atoms. The van der Waals surface area contributed by atoms with Crippen LogP contribution < -0.4 is 5.73 Å². The highest BCUT2D eigenvalue weighted by Gasteiger charge is 2.12. The summed E-state index contributed by atoms with van der Waals surface area (Å²) in [7, 11) is 0. The van der Waals surface area contributed by atoms with Crippen LogP contribution in [0.1, 0.15) is 24.0 Å². The largest absolute Gasteiger partial charge is 0.384 e. The Morgan fingerprint density at radius 1 is 1.17 bits per heavy atom. The lowest BCUT2D eigenvalue weighted by Gasteiger charge is -2.25. The third kappa shape index (κ3) is 4.43. The van der Waals surface area contributed by atoms with Crippen LogP contribution in [0.4, 0.5) is 10.2 Å². The summed E-state index contributed by atoms with van der Waals surface area (Å²) in [6, 6.07) is 10.4. The van der Waals surface area contributed by atoms with Crippen LogP contribution in [0.25, 0.3) is 5.57 Å². The second-order valence-corrected chi connectivity index (χ2v) is 5.81. The number of halogens is 1. The van der Waals surface area contributed by atoms with Crippen molar-refractivity contribution in [1.82, 2.24) is 9.88 Å². The fourth-order valence-electron chi connectivity index (χ4n) is 2.70. The summed E-state index contributed by atoms with van der Waals surface area (Å²) < 4.78 is 13.0. The van der Waals surface area contributed by atoms with Gasteiger partial charge in [0.2, 0.25) is 0 Å². The van der Waals surface area contributed by atoms with Crippen LogP contribution in [0, 0.1) is 17.7 Å². The highest BCUT2D eigenvalue weighted by atomic mass is 19.1. The Morgan fingerprint density at radius 3 is 2.67 bits per heavy atom. The Bertz CT molecular complexity index is 767. The molecule has 0 fully saturated rings. The van der Waals surface area contributed by atoms with Crippen LogP contribution >= 0.6 is 0 Å². The lowest BCUT2D eigenvalue weighted by atomic mass is 9.99. The van der Waals surface area contributed by atoms with E-state index in [1.54, 1.807) is 12.3 Å². The van der Waals surface area contributed by atoms with Crippen molar-refractivity contribution < 1.29 is 4.39 Å². The van der Waals surface area contributed by atoms with Gasteiger partial charge in [-0.1, -0.05) is 30.0 Å². The Hall–Kier alpha value is -2.64. The molecule has 0 saturated carbocycles. The van der Waals surface area contributed by atoms with Gasteiger partial charge in [-0.3, -0.25) is 4.90 Å². The van der Waals surface area contributed by atoms with Crippen LogP contribution in [-0.2, 0) is 0 Å². The molecule has 1 aromatic heterocycles. The van der Waals surface area contributed by atoms with Gasteiger partial charge < -0.3 is 5.73 Å². The zero-order chi connectivity index (χ0) is 16.8. The minimum Gasteiger partial charge on any atom is -0.384 e. The second-order valence-electron chi connectivity index (χ2n) is 5.81. The van der Waals surface area contributed by atoms with E-state index in [1.807, 2.05) is 18.2 Å². The first-order valence-corrected chi connectivity index (χ1v) is 8.08. The SMILES string of the molecule is Nc1ccc(C#CCCN2CC=C(c3ccc(F)cc3)CC2)cn1. The number of rotatable bonds is 3. The number of aromatic nitrogens is 1. The van der Waals surface area contributed by atoms with Crippen molar-refractivity contribution in [2.45, 2.75) is 12.8 Å². The summed E-state index contributed by atoms with van der Waals surface area (Å²) in [4.78, 5) is 6.40. The quantitative estimate of drug-likeness (QED) is 0.882. The number of nitrogens with zero attached hydrogens (tertiary/aromatic N) is 2. The number of pyridine rings is 1. The zero-order valence-electron chi connectivity index (χ0n) is 13.5. The van der Waals surface area contributed by atoms with E-state index in [4.69, 9.17) is 5.73 Å². The highest BCUT2D eigenvalue weighted by molar-refractivity contribution is 5.66. The average Bonchev–Trinajstić information content (AvgIpc) is 2.62. The molecule has 4 heteroatoms. The van der Waals surface area contributed by atoms with Gasteiger partial charge in [-0.05, 0) is 41.8 Å². The van der Waals surface area contributed by atoms with E-state index in [0.29, 0.717) is 5.82 Å². The molecule has 0 bridgehead atoms. The summed E-state index contributed by atoms with van der Waals surface area (Å²) in [5.41, 5.74) is 8.85. The Balaban J connectivity index is 1.49. The van der Waals surface area contributed by atoms with Crippen molar-refractivity contribution >= 4 is 11.4 Å². The summed E-state index contributed by atoms with van der Waals surface area (Å²) in [5.74, 6) is 6.61. The van der Waals surface area contributed by atoms with Gasteiger partial charge >= 0.3 is 0 Å². The molecule has 1 aliphatic rings. The van der Waals surface area contributed by atoms with Gasteiger partial charge in [-0.15, -0.1) is 0 Å². The summed E-state index contributed by atoms with van der Waals surface area (Å²) in [6.07, 6.45) is 5.74. The molecule has 0 amide bonds. The molecule has 24 heavy (non-hydrogen) atoms. The standard InChI is InChI=1S/C20H20FN3/c21-19-7-5-17(6-8-19)18-10-13-24(14-11-18)12-2-1-3-16-4-9-20(22)23-15-16/h4-10,15H,2,11-14H2,(H2,22,23). The van der Waals surface area contributed by atoms with Crippen LogP contribution in [0.2, 0.25) is 0 Å². The van der Waals surface area contributed by atoms with Gasteiger partial charge in [0.1, 0.15) is 11.6 Å². The van der Waals surface area contributed by atoms with E-state index in [9.17, 15) is 4.39 Å². The number of benzene rings is 1. The maximum atomic E-state index is 13.0. The molecule has 0 aliphatic carbocycles. The van der Waals surface area contributed by atoms with Crippen molar-refractivity contribution in [2.75, 3.05) is 25.4 Å². The number of hydrogen-bond donors (Lipinski definition) is 1. The van der Waals surface area contributed by atoms with Crippen LogP contribution in [0.5, 0.6) is 0 Å². The molecule has 3 rings (SSSR count). The Morgan fingerprint density at radius 2 is 2.00 bits per heavy atom. The van der Waals surface area contributed by atoms with E-state index < -0.39 is 0 Å². The van der Waals surface area contributed by atoms with Crippen LogP contribution in [0.15, 0.2) is 48.7 Å². The summed E-state index contributed by atoms with van der Waals surface area (Å²) >= 11 is 0. The van der Waals surface area contributed by atoms with Gasteiger partial charge in [0.15, 0.2) is 0 Å². The molecule has 0 saturated heterocycles. The third-order valence-corrected chi connectivity index (χ3v) is 4.08. The average molecular weight is 321 g/mol. The minimum atomic E-state index is -0.188. The zero-order valence-corrected chi connectivity index (χ0v) is 13.5. The van der Waals surface area contributed by atoms with E-state index in [-0.39, 0.29) is 5.82 Å². The number of hydrogen-bond acceptors (Lipinski definition) is 3. The lowest BCUT2D eigenvalue weighted by molar-refractivity contribution is 0.309. The molecule has 1 aromatic carbocycles. The van der Waals surface area contributed by atoms with Crippen molar-refractivity contribution in [3.05, 3.63) is 65.6 Å². The van der Waals surface area contributed by atoms with E-state index in [2.05, 4.69) is 27.8 Å². The monoisotopic (exact) mass is 321 g/mol. The molecule has 2 heterocycles. The smallest absolute Gasteiger partial charge is 0.123 e. The number of nitrogens with two attached hydrogens (primary N) is 1. The van der Waals surface area contributed by atoms with E-state index >= 15 is 0 Å². The summed E-state index contributed by atoms with van der Waals surface area (Å²) in [6.45, 7) is 2.87. The molecule has 3 nitrogen and oxygen atoms in total. The van der Waals surface area contributed by atoms with Crippen molar-refractivity contribution in [3.63, 3.8) is 0 Å². The Kier molecular flexibility index (Phi) is 5.25. The lowest BCUT2D eigenvalue weighted by Crippen LogP contribution is -2.29. The molecule has 0 unspecified atom stereocenters. The van der Waals surface area contributed by atoms with Gasteiger partial charge in [0, 0.05) is 37.8 Å². The number of anilines is 1. The first-order chi connectivity index (χ1) is 11.7. The number of nitrogen functional groups attached to an aromatic ring is 1. The molecule has 122 valence electrons. The van der Waals surface area contributed by atoms with E-state index in [1.165, 1.54) is 17.7 Å². The minimum absolute atomic E-state index is 0.188. The first-order valence-electron chi connectivity index (χ1n) is 8.08. The fourth-order valence-corrected chi connectivity index (χ4v) is 2.70. The third-order valence-electron chi connectivity index (χ3n) is 4.08. The van der Waals surface area contributed by atoms with E-state index in [0.717, 1.165) is 43.6 Å². The predicted octanol–water partition coefficient (Wildman–Crippen LogP) is 3.33. The molecule has 1 aliphatic heterocycles. The molecule has 0 radical (unpaired) electrons. The molecule has 2 aromatic rings. The fraction of sp³-hybridized carbons (Fsp3) is 0.250. The van der Waals surface area contributed by atoms with Crippen LogP contribution in [-0.4, -0.2) is 29.5 Å². The molecular formula is C20H20FN3. The van der Waals surface area contributed by atoms with Crippen molar-refractivity contribution in [1.29, 1.82) is 0 Å². The molecular weight excluding hydrogens is 301 g/mol. The van der Waals surface area contributed by atoms with Crippen molar-refractivity contribution in [3.8, 4) is 11.8 Å². The molecule has 2 N–H and O–H groups in total. The maximum absolute atomic E-state index is 13.0. The van der Waals surface area contributed by atoms with Gasteiger partial charge in [-0.2, -0.15) is 0 Å².